The molecule has 3 aromatic rings. The quantitative estimate of drug-likeness (QED) is 0.380. The highest BCUT2D eigenvalue weighted by molar-refractivity contribution is 5.94. The number of hydrogen-bond donors (Lipinski definition) is 3. The fourth-order valence-corrected chi connectivity index (χ4v) is 5.16. The minimum absolute atomic E-state index is 0.0357. The molecule has 3 aromatic carbocycles. The minimum Gasteiger partial charge on any atom is -0.483 e. The van der Waals surface area contributed by atoms with Crippen molar-refractivity contribution in [2.75, 3.05) is 14.1 Å². The Kier molecular flexibility index (Phi) is 10.5. The van der Waals surface area contributed by atoms with Crippen molar-refractivity contribution in [1.82, 2.24) is 20.9 Å². The molecule has 0 aromatic heterocycles. The van der Waals surface area contributed by atoms with Gasteiger partial charge in [0.2, 0.25) is 17.7 Å². The third-order valence-electron chi connectivity index (χ3n) is 7.58. The van der Waals surface area contributed by atoms with E-state index in [2.05, 4.69) is 16.0 Å². The van der Waals surface area contributed by atoms with Gasteiger partial charge in [0.1, 0.15) is 17.8 Å². The Morgan fingerprint density at radius 1 is 0.929 bits per heavy atom. The van der Waals surface area contributed by atoms with Crippen LogP contribution in [0, 0.1) is 5.92 Å². The molecule has 2 aliphatic heterocycles. The Morgan fingerprint density at radius 3 is 2.19 bits per heavy atom. The Bertz CT molecular complexity index is 1360. The number of nitrogens with one attached hydrogen (secondary N) is 3. The van der Waals surface area contributed by atoms with Gasteiger partial charge in [0, 0.05) is 12.6 Å². The fraction of sp³-hybridized carbons (Fsp3) is 0.324. The lowest BCUT2D eigenvalue weighted by Crippen LogP contribution is -2.59. The van der Waals surface area contributed by atoms with Crippen molar-refractivity contribution >= 4 is 23.8 Å². The summed E-state index contributed by atoms with van der Waals surface area (Å²) in [6.45, 7) is 4.04. The Morgan fingerprint density at radius 2 is 1.57 bits per heavy atom. The molecule has 0 spiro atoms. The molecule has 5 atom stereocenters. The molecular formula is C34H40N4O4. The van der Waals surface area contributed by atoms with Gasteiger partial charge in [-0.05, 0) is 54.9 Å². The number of fused-ring (bicyclic) bond motifs is 10. The second kappa shape index (κ2) is 14.5. The Labute approximate surface area is 248 Å². The standard InChI is InChI=1S/C34H40N4O4/c1-5-23(2)30(38(3)4)34(41)37-29-31(26-14-10-7-11-15-26)42-27-18-16-24(17-19-27)20-21-35-32(39)28(36-33(29)40)22-25-12-8-6-9-13-25/h6-21,23,28-31H,5,22H2,1-4H3,(H,35,39)(H,36,40)(H,37,41)/b21-20+/t23-,28-,29-,30+,31+/m1/s1. The summed E-state index contributed by atoms with van der Waals surface area (Å²) in [5.41, 5.74) is 2.47. The SMILES string of the molecule is CC[C@@H](C)[C@@H](C(=O)N[C@H]1C(=O)N[C@H](Cc2ccccc2)C(=O)N/C=C/c2ccc(cc2)O[C@H]1c1ccccc1)N(C)C. The van der Waals surface area contributed by atoms with Crippen molar-refractivity contribution in [3.63, 3.8) is 0 Å². The van der Waals surface area contributed by atoms with Crippen LogP contribution in [0.5, 0.6) is 5.75 Å². The Hall–Kier alpha value is -4.43. The molecule has 0 saturated carbocycles. The van der Waals surface area contributed by atoms with Crippen LogP contribution in [0.25, 0.3) is 6.08 Å². The van der Waals surface area contributed by atoms with Crippen LogP contribution in [0.2, 0.25) is 0 Å². The minimum atomic E-state index is -1.14. The van der Waals surface area contributed by atoms with E-state index in [1.54, 1.807) is 24.4 Å². The highest BCUT2D eigenvalue weighted by Crippen LogP contribution is 2.27. The van der Waals surface area contributed by atoms with Crippen LogP contribution in [0.4, 0.5) is 0 Å². The van der Waals surface area contributed by atoms with E-state index in [1.165, 1.54) is 0 Å². The topological polar surface area (TPSA) is 99.8 Å². The average molecular weight is 569 g/mol. The fourth-order valence-electron chi connectivity index (χ4n) is 5.16. The maximum atomic E-state index is 14.2. The summed E-state index contributed by atoms with van der Waals surface area (Å²) < 4.78 is 6.48. The maximum Gasteiger partial charge on any atom is 0.247 e. The largest absolute Gasteiger partial charge is 0.483 e. The molecule has 3 amide bonds. The first kappa shape index (κ1) is 30.5. The molecule has 2 aliphatic rings. The lowest BCUT2D eigenvalue weighted by molar-refractivity contribution is -0.136. The molecule has 8 heteroatoms. The van der Waals surface area contributed by atoms with Gasteiger partial charge in [-0.15, -0.1) is 0 Å². The van der Waals surface area contributed by atoms with Gasteiger partial charge in [-0.25, -0.2) is 0 Å². The number of nitrogens with zero attached hydrogens (tertiary/aromatic N) is 1. The average Bonchev–Trinajstić information content (AvgIpc) is 2.99. The Balaban J connectivity index is 1.79. The molecule has 2 heterocycles. The predicted molar refractivity (Wildman–Crippen MR) is 164 cm³/mol. The van der Waals surface area contributed by atoms with Gasteiger partial charge in [-0.3, -0.25) is 19.3 Å². The van der Waals surface area contributed by atoms with Gasteiger partial charge in [0.05, 0.1) is 6.04 Å². The summed E-state index contributed by atoms with van der Waals surface area (Å²) in [6.07, 6.45) is 3.52. The molecule has 5 rings (SSSR count). The predicted octanol–water partition coefficient (Wildman–Crippen LogP) is 4.10. The number of ether oxygens (including phenoxy) is 1. The summed E-state index contributed by atoms with van der Waals surface area (Å²) in [6, 6.07) is 23.7. The first-order chi connectivity index (χ1) is 20.3. The third-order valence-corrected chi connectivity index (χ3v) is 7.58. The molecule has 2 bridgehead atoms. The zero-order valence-electron chi connectivity index (χ0n) is 24.6. The molecule has 0 fully saturated rings. The van der Waals surface area contributed by atoms with Crippen LogP contribution < -0.4 is 20.7 Å². The summed E-state index contributed by atoms with van der Waals surface area (Å²) in [7, 11) is 3.70. The first-order valence-corrected chi connectivity index (χ1v) is 14.4. The van der Waals surface area contributed by atoms with E-state index < -0.39 is 30.1 Å². The van der Waals surface area contributed by atoms with Crippen molar-refractivity contribution in [2.45, 2.75) is 50.9 Å². The van der Waals surface area contributed by atoms with Gasteiger partial charge in [0.15, 0.2) is 6.10 Å². The monoisotopic (exact) mass is 568 g/mol. The summed E-state index contributed by atoms with van der Waals surface area (Å²) >= 11 is 0. The smallest absolute Gasteiger partial charge is 0.247 e. The zero-order valence-corrected chi connectivity index (χ0v) is 24.6. The lowest BCUT2D eigenvalue weighted by atomic mass is 9.95. The molecule has 0 unspecified atom stereocenters. The number of amides is 3. The number of likely N-dealkylation sites (N-methyl/N-ethyl adjacent to an activating group) is 1. The van der Waals surface area contributed by atoms with Crippen molar-refractivity contribution in [2.24, 2.45) is 5.92 Å². The van der Waals surface area contributed by atoms with E-state index in [-0.39, 0.29) is 24.2 Å². The van der Waals surface area contributed by atoms with E-state index in [1.807, 2.05) is 106 Å². The third kappa shape index (κ3) is 7.85. The number of benzene rings is 3. The molecule has 0 aliphatic carbocycles. The van der Waals surface area contributed by atoms with E-state index >= 15 is 0 Å². The van der Waals surface area contributed by atoms with Gasteiger partial charge in [-0.1, -0.05) is 93.1 Å². The lowest BCUT2D eigenvalue weighted by Gasteiger charge is -2.33. The van der Waals surface area contributed by atoms with E-state index in [0.717, 1.165) is 17.5 Å². The molecule has 3 N–H and O–H groups in total. The van der Waals surface area contributed by atoms with Crippen molar-refractivity contribution in [3.05, 3.63) is 108 Å². The van der Waals surface area contributed by atoms with Crippen LogP contribution in [-0.2, 0) is 20.8 Å². The van der Waals surface area contributed by atoms with Crippen LogP contribution >= 0.6 is 0 Å². The van der Waals surface area contributed by atoms with Gasteiger partial charge < -0.3 is 20.7 Å². The van der Waals surface area contributed by atoms with E-state index in [4.69, 9.17) is 4.74 Å². The van der Waals surface area contributed by atoms with Crippen molar-refractivity contribution < 1.29 is 19.1 Å². The van der Waals surface area contributed by atoms with Crippen LogP contribution in [0.15, 0.2) is 91.1 Å². The van der Waals surface area contributed by atoms with Gasteiger partial charge in [-0.2, -0.15) is 0 Å². The van der Waals surface area contributed by atoms with Gasteiger partial charge in [0.25, 0.3) is 0 Å². The second-order valence-corrected chi connectivity index (χ2v) is 10.9. The number of hydrogen-bond acceptors (Lipinski definition) is 5. The summed E-state index contributed by atoms with van der Waals surface area (Å²) in [5, 5.41) is 8.76. The van der Waals surface area contributed by atoms with Crippen LogP contribution in [-0.4, -0.2) is 54.8 Å². The van der Waals surface area contributed by atoms with Gasteiger partial charge >= 0.3 is 0 Å². The summed E-state index contributed by atoms with van der Waals surface area (Å²) in [5.74, 6) is -0.602. The van der Waals surface area contributed by atoms with E-state index in [0.29, 0.717) is 11.3 Å². The second-order valence-electron chi connectivity index (χ2n) is 10.9. The highest BCUT2D eigenvalue weighted by atomic mass is 16.5. The summed E-state index contributed by atoms with van der Waals surface area (Å²) in [4.78, 5) is 43.3. The van der Waals surface area contributed by atoms with Crippen LogP contribution in [0.1, 0.15) is 43.1 Å². The molecule has 0 radical (unpaired) electrons. The molecular weight excluding hydrogens is 528 g/mol. The van der Waals surface area contributed by atoms with Crippen molar-refractivity contribution in [1.29, 1.82) is 0 Å². The molecule has 0 saturated heterocycles. The molecule has 220 valence electrons. The molecule has 42 heavy (non-hydrogen) atoms. The maximum absolute atomic E-state index is 14.2. The van der Waals surface area contributed by atoms with Crippen molar-refractivity contribution in [3.8, 4) is 5.75 Å². The zero-order chi connectivity index (χ0) is 30.1. The highest BCUT2D eigenvalue weighted by Gasteiger charge is 2.38. The normalized spacial score (nSPS) is 21.3. The first-order valence-electron chi connectivity index (χ1n) is 14.4. The number of carbonyl (C=O) groups excluding carboxylic acids is 3. The van der Waals surface area contributed by atoms with E-state index in [9.17, 15) is 14.4 Å². The molecule has 8 nitrogen and oxygen atoms in total. The number of carbonyl (C=O) groups is 3. The number of rotatable bonds is 8. The van der Waals surface area contributed by atoms with Crippen LogP contribution in [0.3, 0.4) is 0 Å².